The summed E-state index contributed by atoms with van der Waals surface area (Å²) in [6.07, 6.45) is -1.02. The van der Waals surface area contributed by atoms with Gasteiger partial charge in [0.2, 0.25) is 3.79 Å². The molecule has 0 aliphatic carbocycles. The van der Waals surface area contributed by atoms with E-state index >= 15 is 0 Å². The molecule has 25 heavy (non-hydrogen) atoms. The van der Waals surface area contributed by atoms with Gasteiger partial charge >= 0.3 is 0 Å². The number of benzene rings is 2. The van der Waals surface area contributed by atoms with E-state index in [1.165, 1.54) is 0 Å². The fraction of sp³-hybridized carbons (Fsp3) is 0.176. The zero-order valence-electron chi connectivity index (χ0n) is 13.2. The lowest BCUT2D eigenvalue weighted by Crippen LogP contribution is -2.56. The van der Waals surface area contributed by atoms with E-state index in [0.29, 0.717) is 5.56 Å². The number of rotatable bonds is 4. The number of amides is 1. The number of anilines is 1. The van der Waals surface area contributed by atoms with Crippen LogP contribution in [0.25, 0.3) is 0 Å². The van der Waals surface area contributed by atoms with Crippen molar-refractivity contribution in [3.8, 4) is 0 Å². The molecular weight excluding hydrogens is 401 g/mol. The van der Waals surface area contributed by atoms with Gasteiger partial charge in [-0.2, -0.15) is 0 Å². The minimum Gasteiger partial charge on any atom is -0.339 e. The molecule has 0 aliphatic rings. The summed E-state index contributed by atoms with van der Waals surface area (Å²) in [5.74, 6) is -0.387. The van der Waals surface area contributed by atoms with Gasteiger partial charge in [-0.1, -0.05) is 70.7 Å². The molecule has 8 heteroatoms. The minimum absolute atomic E-state index is 0.216. The molecule has 0 radical (unpaired) electrons. The molecule has 0 aromatic heterocycles. The van der Waals surface area contributed by atoms with Gasteiger partial charge in [-0.25, -0.2) is 0 Å². The number of hydrogen-bond donors (Lipinski definition) is 3. The van der Waals surface area contributed by atoms with Gasteiger partial charge in [0.25, 0.3) is 5.91 Å². The van der Waals surface area contributed by atoms with E-state index in [2.05, 4.69) is 16.0 Å². The summed E-state index contributed by atoms with van der Waals surface area (Å²) >= 11 is 23.1. The van der Waals surface area contributed by atoms with Crippen LogP contribution in [0.2, 0.25) is 0 Å². The highest BCUT2D eigenvalue weighted by molar-refractivity contribution is 7.80. The molecule has 0 spiro atoms. The summed E-state index contributed by atoms with van der Waals surface area (Å²) in [6.45, 7) is 1.98. The Kier molecular flexibility index (Phi) is 6.90. The summed E-state index contributed by atoms with van der Waals surface area (Å²) in [6, 6.07) is 16.2. The van der Waals surface area contributed by atoms with Crippen molar-refractivity contribution in [2.45, 2.75) is 16.9 Å². The molecule has 0 heterocycles. The molecule has 2 aromatic carbocycles. The molecule has 1 amide bonds. The fourth-order valence-electron chi connectivity index (χ4n) is 1.94. The van der Waals surface area contributed by atoms with Crippen molar-refractivity contribution in [1.29, 1.82) is 0 Å². The van der Waals surface area contributed by atoms with Crippen molar-refractivity contribution < 1.29 is 4.79 Å². The first-order valence-electron chi connectivity index (χ1n) is 7.32. The van der Waals surface area contributed by atoms with Crippen molar-refractivity contribution in [3.63, 3.8) is 0 Å². The van der Waals surface area contributed by atoms with E-state index in [-0.39, 0.29) is 11.0 Å². The number of carbonyl (C=O) groups excluding carboxylic acids is 1. The van der Waals surface area contributed by atoms with Crippen LogP contribution < -0.4 is 16.0 Å². The van der Waals surface area contributed by atoms with Gasteiger partial charge in [0.15, 0.2) is 5.11 Å². The summed E-state index contributed by atoms with van der Waals surface area (Å²) in [7, 11) is 0. The number of aryl methyl sites for hydroxylation is 1. The van der Waals surface area contributed by atoms with Gasteiger partial charge < -0.3 is 16.0 Å². The second-order valence-corrected chi connectivity index (χ2v) is 8.06. The predicted molar refractivity (Wildman–Crippen MR) is 109 cm³/mol. The third-order valence-corrected chi connectivity index (χ3v) is 4.10. The Hall–Kier alpha value is -1.53. The van der Waals surface area contributed by atoms with Crippen molar-refractivity contribution in [3.05, 3.63) is 65.7 Å². The molecule has 0 fully saturated rings. The molecule has 1 atom stereocenters. The zero-order chi connectivity index (χ0) is 18.4. The summed E-state index contributed by atoms with van der Waals surface area (Å²) in [4.78, 5) is 12.3. The molecule has 132 valence electrons. The first kappa shape index (κ1) is 19.8. The Labute approximate surface area is 166 Å². The lowest BCUT2D eigenvalue weighted by atomic mass is 10.2. The number of hydrogen-bond acceptors (Lipinski definition) is 2. The first-order valence-corrected chi connectivity index (χ1v) is 8.87. The average Bonchev–Trinajstić information content (AvgIpc) is 2.56. The first-order chi connectivity index (χ1) is 11.8. The number of alkyl halides is 3. The molecule has 0 bridgehead atoms. The Morgan fingerprint density at radius 3 is 2.16 bits per heavy atom. The number of carbonyl (C=O) groups is 1. The quantitative estimate of drug-likeness (QED) is 0.393. The third kappa shape index (κ3) is 6.36. The Morgan fingerprint density at radius 2 is 1.60 bits per heavy atom. The molecule has 0 unspecified atom stereocenters. The van der Waals surface area contributed by atoms with Crippen LogP contribution in [-0.4, -0.2) is 21.0 Å². The van der Waals surface area contributed by atoms with E-state index in [1.54, 1.807) is 24.3 Å². The second kappa shape index (κ2) is 8.72. The molecule has 0 aliphatic heterocycles. The highest BCUT2D eigenvalue weighted by atomic mass is 35.6. The number of halogens is 3. The van der Waals surface area contributed by atoms with Crippen molar-refractivity contribution in [2.75, 3.05) is 5.32 Å². The Morgan fingerprint density at radius 1 is 1.00 bits per heavy atom. The molecule has 3 N–H and O–H groups in total. The normalized spacial score (nSPS) is 12.2. The zero-order valence-corrected chi connectivity index (χ0v) is 16.3. The monoisotopic (exact) mass is 415 g/mol. The van der Waals surface area contributed by atoms with Crippen molar-refractivity contribution >= 4 is 63.7 Å². The van der Waals surface area contributed by atoms with Crippen LogP contribution in [0.4, 0.5) is 5.69 Å². The number of nitrogens with one attached hydrogen (secondary N) is 3. The van der Waals surface area contributed by atoms with Crippen LogP contribution >= 0.6 is 47.0 Å². The van der Waals surface area contributed by atoms with Crippen molar-refractivity contribution in [1.82, 2.24) is 10.6 Å². The highest BCUT2D eigenvalue weighted by Crippen LogP contribution is 2.29. The lowest BCUT2D eigenvalue weighted by Gasteiger charge is -2.27. The van der Waals surface area contributed by atoms with Gasteiger partial charge in [0, 0.05) is 11.3 Å². The largest absolute Gasteiger partial charge is 0.339 e. The maximum atomic E-state index is 12.3. The predicted octanol–water partition coefficient (Wildman–Crippen LogP) is 4.41. The van der Waals surface area contributed by atoms with E-state index in [4.69, 9.17) is 47.0 Å². The average molecular weight is 417 g/mol. The van der Waals surface area contributed by atoms with Crippen LogP contribution in [0.3, 0.4) is 0 Å². The van der Waals surface area contributed by atoms with E-state index in [1.807, 2.05) is 37.3 Å². The van der Waals surface area contributed by atoms with Crippen LogP contribution in [0.5, 0.6) is 0 Å². The Bertz CT molecular complexity index is 733. The summed E-state index contributed by atoms with van der Waals surface area (Å²) < 4.78 is -1.80. The second-order valence-electron chi connectivity index (χ2n) is 5.28. The van der Waals surface area contributed by atoms with Gasteiger partial charge in [0.1, 0.15) is 6.17 Å². The molecule has 0 saturated heterocycles. The number of thiocarbonyl (C=S) groups is 1. The topological polar surface area (TPSA) is 53.2 Å². The molecule has 0 saturated carbocycles. The molecule has 2 aromatic rings. The van der Waals surface area contributed by atoms with Crippen molar-refractivity contribution in [2.24, 2.45) is 0 Å². The van der Waals surface area contributed by atoms with Crippen LogP contribution in [0, 0.1) is 6.92 Å². The fourth-order valence-corrected chi connectivity index (χ4v) is 2.50. The molecule has 4 nitrogen and oxygen atoms in total. The van der Waals surface area contributed by atoms with Gasteiger partial charge in [-0.05, 0) is 43.4 Å². The summed E-state index contributed by atoms with van der Waals surface area (Å²) in [5.41, 5.74) is 2.35. The maximum absolute atomic E-state index is 12.3. The smallest absolute Gasteiger partial charge is 0.252 e. The van der Waals surface area contributed by atoms with E-state index < -0.39 is 9.96 Å². The SMILES string of the molecule is Cc1ccc(NC(=S)N[C@H](NC(=O)c2ccccc2)C(Cl)(Cl)Cl)cc1. The highest BCUT2D eigenvalue weighted by Gasteiger charge is 2.34. The van der Waals surface area contributed by atoms with Gasteiger partial charge in [-0.3, -0.25) is 4.79 Å². The standard InChI is InChI=1S/C17H16Cl3N3OS/c1-11-7-9-13(10-8-11)21-16(25)23-15(17(18,19)20)22-14(24)12-5-3-2-4-6-12/h2-10,15H,1H3,(H,22,24)(H2,21,23,25)/t15-/m0/s1. The van der Waals surface area contributed by atoms with Crippen LogP contribution in [-0.2, 0) is 0 Å². The van der Waals surface area contributed by atoms with Crippen LogP contribution in [0.1, 0.15) is 15.9 Å². The minimum atomic E-state index is -1.80. The van der Waals surface area contributed by atoms with Crippen LogP contribution in [0.15, 0.2) is 54.6 Å². The summed E-state index contributed by atoms with van der Waals surface area (Å²) in [5, 5.41) is 8.63. The molecular formula is C17H16Cl3N3OS. The third-order valence-electron chi connectivity index (χ3n) is 3.22. The Balaban J connectivity index is 2.03. The van der Waals surface area contributed by atoms with E-state index in [0.717, 1.165) is 11.3 Å². The van der Waals surface area contributed by atoms with E-state index in [9.17, 15) is 4.79 Å². The lowest BCUT2D eigenvalue weighted by molar-refractivity contribution is 0.0934. The van der Waals surface area contributed by atoms with Gasteiger partial charge in [-0.15, -0.1) is 0 Å². The molecule has 2 rings (SSSR count). The van der Waals surface area contributed by atoms with Gasteiger partial charge in [0.05, 0.1) is 0 Å². The maximum Gasteiger partial charge on any atom is 0.252 e.